The van der Waals surface area contributed by atoms with E-state index >= 15 is 0 Å². The molecule has 2 aliphatic heterocycles. The highest BCUT2D eigenvalue weighted by atomic mass is 16.7. The van der Waals surface area contributed by atoms with Gasteiger partial charge in [-0.05, 0) is 12.8 Å². The summed E-state index contributed by atoms with van der Waals surface area (Å²) in [6, 6.07) is -1.28. The first-order chi connectivity index (χ1) is 32.9. The molecule has 0 saturated carbocycles. The summed E-state index contributed by atoms with van der Waals surface area (Å²) >= 11 is 0. The predicted molar refractivity (Wildman–Crippen MR) is 261 cm³/mol. The van der Waals surface area contributed by atoms with E-state index in [1.807, 2.05) is 0 Å². The van der Waals surface area contributed by atoms with Crippen LogP contribution >= 0.6 is 0 Å². The van der Waals surface area contributed by atoms with Crippen molar-refractivity contribution in [3.05, 3.63) is 0 Å². The Labute approximate surface area is 409 Å². The number of aliphatic hydroxyl groups excluding tert-OH is 10. The second kappa shape index (κ2) is 39.4. The molecular weight excluding hydrogens is 879 g/mol. The lowest BCUT2D eigenvalue weighted by molar-refractivity contribution is -0.332. The van der Waals surface area contributed by atoms with Crippen LogP contribution in [0.5, 0.6) is 0 Å². The number of rotatable bonds is 44. The zero-order valence-corrected chi connectivity index (χ0v) is 42.3. The Hall–Kier alpha value is -1.09. The average molecular weight is 980 g/mol. The molecule has 68 heavy (non-hydrogen) atoms. The summed E-state index contributed by atoms with van der Waals surface area (Å²) in [5, 5.41) is 108. The summed E-state index contributed by atoms with van der Waals surface area (Å²) in [7, 11) is 0. The molecule has 2 saturated heterocycles. The van der Waals surface area contributed by atoms with Crippen molar-refractivity contribution in [1.29, 1.82) is 0 Å². The lowest BCUT2D eigenvalue weighted by atomic mass is 9.98. The Bertz CT molecular complexity index is 1190. The number of unbranched alkanes of at least 4 members (excludes halogenated alkanes) is 28. The highest BCUT2D eigenvalue weighted by Crippen LogP contribution is 2.31. The third kappa shape index (κ3) is 25.5. The molecule has 14 atom stereocenters. The number of hydrogen-bond acceptors (Lipinski definition) is 15. The number of hydrogen-bond donors (Lipinski definition) is 11. The molecule has 404 valence electrons. The Morgan fingerprint density at radius 1 is 0.529 bits per heavy atom. The van der Waals surface area contributed by atoms with Crippen molar-refractivity contribution in [1.82, 2.24) is 5.32 Å². The lowest BCUT2D eigenvalue weighted by Gasteiger charge is -2.43. The van der Waals surface area contributed by atoms with Gasteiger partial charge in [0.1, 0.15) is 61.0 Å². The Kier molecular flexibility index (Phi) is 36.6. The van der Waals surface area contributed by atoms with Crippen molar-refractivity contribution in [3.8, 4) is 0 Å². The van der Waals surface area contributed by atoms with E-state index < -0.39 is 111 Å². The van der Waals surface area contributed by atoms with E-state index in [1.54, 1.807) is 0 Å². The minimum absolute atomic E-state index is 0.204. The summed E-state index contributed by atoms with van der Waals surface area (Å²) in [6.07, 6.45) is 15.7. The topological polar surface area (TPSA) is 268 Å². The van der Waals surface area contributed by atoms with Crippen LogP contribution in [0.2, 0.25) is 0 Å². The molecule has 0 aliphatic carbocycles. The quantitative estimate of drug-likeness (QED) is 0.0326. The molecule has 11 N–H and O–H groups in total. The number of carbonyl (C=O) groups excluding carboxylic acids is 1. The zero-order valence-electron chi connectivity index (χ0n) is 42.3. The van der Waals surface area contributed by atoms with Gasteiger partial charge in [0.25, 0.3) is 0 Å². The highest BCUT2D eigenvalue weighted by molar-refractivity contribution is 5.80. The van der Waals surface area contributed by atoms with E-state index in [9.17, 15) is 55.9 Å². The number of amides is 1. The largest absolute Gasteiger partial charge is 0.394 e. The molecule has 5 unspecified atom stereocenters. The van der Waals surface area contributed by atoms with Crippen molar-refractivity contribution >= 4 is 5.91 Å². The van der Waals surface area contributed by atoms with Gasteiger partial charge in [0.15, 0.2) is 12.6 Å². The van der Waals surface area contributed by atoms with Crippen molar-refractivity contribution in [2.75, 3.05) is 19.8 Å². The van der Waals surface area contributed by atoms with Crippen LogP contribution in [0.4, 0.5) is 0 Å². The van der Waals surface area contributed by atoms with E-state index in [0.29, 0.717) is 12.8 Å². The summed E-state index contributed by atoms with van der Waals surface area (Å²) < 4.78 is 22.5. The molecule has 2 fully saturated rings. The maximum atomic E-state index is 13.3. The highest BCUT2D eigenvalue weighted by Gasteiger charge is 2.52. The van der Waals surface area contributed by atoms with Crippen LogP contribution in [0.15, 0.2) is 0 Å². The fraction of sp³-hybridized carbons (Fsp3) is 0.981. The second-order valence-electron chi connectivity index (χ2n) is 20.0. The summed E-state index contributed by atoms with van der Waals surface area (Å²) in [6.45, 7) is 2.37. The minimum atomic E-state index is -1.82. The number of carbonyl (C=O) groups is 1. The molecule has 2 heterocycles. The fourth-order valence-electron chi connectivity index (χ4n) is 9.42. The minimum Gasteiger partial charge on any atom is -0.394 e. The van der Waals surface area contributed by atoms with Crippen LogP contribution in [0, 0.1) is 0 Å². The summed E-state index contributed by atoms with van der Waals surface area (Å²) in [5.74, 6) is -0.762. The first kappa shape index (κ1) is 63.0. The summed E-state index contributed by atoms with van der Waals surface area (Å²) in [4.78, 5) is 13.3. The molecule has 0 radical (unpaired) electrons. The van der Waals surface area contributed by atoms with Crippen LogP contribution in [-0.2, 0) is 23.7 Å². The maximum Gasteiger partial charge on any atom is 0.249 e. The smallest absolute Gasteiger partial charge is 0.249 e. The lowest BCUT2D eigenvalue weighted by Crippen LogP contribution is -2.62. The van der Waals surface area contributed by atoms with Crippen LogP contribution in [0.3, 0.4) is 0 Å². The monoisotopic (exact) mass is 980 g/mol. The van der Waals surface area contributed by atoms with Gasteiger partial charge in [0.05, 0.1) is 32.0 Å². The van der Waals surface area contributed by atoms with Gasteiger partial charge >= 0.3 is 0 Å². The molecular formula is C52H101NO15. The number of ether oxygens (including phenoxy) is 4. The van der Waals surface area contributed by atoms with Gasteiger partial charge in [-0.15, -0.1) is 0 Å². The van der Waals surface area contributed by atoms with E-state index in [-0.39, 0.29) is 12.8 Å². The first-order valence-corrected chi connectivity index (χ1v) is 27.5. The SMILES string of the molecule is CCCCCCCCCCCCCCCCCCCCCC[C@@H](O)C(=O)N[C@@H](CO[C@H]1OC(CO)[C@H](O)C(O[C@@H]2O[C@@H]([C@H](O)CO)C(O)C2O)C1O)[C@H](O)[C@H](O)CCCCCCCCCCCC. The van der Waals surface area contributed by atoms with Gasteiger partial charge in [0, 0.05) is 0 Å². The molecule has 16 heteroatoms. The van der Waals surface area contributed by atoms with Gasteiger partial charge in [-0.2, -0.15) is 0 Å². The molecule has 2 rings (SSSR count). The van der Waals surface area contributed by atoms with Crippen molar-refractivity contribution in [3.63, 3.8) is 0 Å². The molecule has 0 aromatic rings. The van der Waals surface area contributed by atoms with Gasteiger partial charge < -0.3 is 75.3 Å². The molecule has 0 aromatic heterocycles. The number of aliphatic hydroxyl groups is 10. The molecule has 1 amide bonds. The van der Waals surface area contributed by atoms with Crippen molar-refractivity contribution < 1.29 is 74.8 Å². The Balaban J connectivity index is 1.85. The third-order valence-corrected chi connectivity index (χ3v) is 14.0. The molecule has 16 nitrogen and oxygen atoms in total. The van der Waals surface area contributed by atoms with Gasteiger partial charge in [-0.3, -0.25) is 4.79 Å². The molecule has 0 aromatic carbocycles. The third-order valence-electron chi connectivity index (χ3n) is 14.0. The van der Waals surface area contributed by atoms with Gasteiger partial charge in [-0.25, -0.2) is 0 Å². The Morgan fingerprint density at radius 2 is 0.956 bits per heavy atom. The summed E-state index contributed by atoms with van der Waals surface area (Å²) in [5.41, 5.74) is 0. The van der Waals surface area contributed by atoms with E-state index in [4.69, 9.17) is 18.9 Å². The van der Waals surface area contributed by atoms with E-state index in [2.05, 4.69) is 19.2 Å². The van der Waals surface area contributed by atoms with Gasteiger partial charge in [-0.1, -0.05) is 206 Å². The molecule has 2 aliphatic rings. The average Bonchev–Trinajstić information content (AvgIpc) is 3.62. The Morgan fingerprint density at radius 3 is 1.38 bits per heavy atom. The zero-order chi connectivity index (χ0) is 49.9. The normalized spacial score (nSPS) is 26.4. The standard InChI is InChI=1S/C52H101NO15/c1-3-5-7-9-11-13-15-16-17-18-19-20-21-22-23-24-26-28-30-32-34-40(57)50(64)53-38(43(59)39(56)33-31-29-27-25-14-12-10-8-6-4-2)37-65-51-47(63)49(44(60)42(36-55)66-51)68-52-46(62)45(61)48(67-52)41(58)35-54/h38-49,51-52,54-63H,3-37H2,1-2H3,(H,53,64)/t38-,39+,40+,41+,42?,43-,44-,45?,46?,47?,48-,49?,51-,52-/m0/s1. The molecule has 0 spiro atoms. The van der Waals surface area contributed by atoms with E-state index in [0.717, 1.165) is 44.9 Å². The van der Waals surface area contributed by atoms with Crippen LogP contribution in [0.25, 0.3) is 0 Å². The number of nitrogens with one attached hydrogen (secondary N) is 1. The van der Waals surface area contributed by atoms with Crippen molar-refractivity contribution in [2.45, 2.75) is 305 Å². The van der Waals surface area contributed by atoms with Gasteiger partial charge in [0.2, 0.25) is 5.91 Å². The first-order valence-electron chi connectivity index (χ1n) is 27.5. The van der Waals surface area contributed by atoms with Crippen LogP contribution in [0.1, 0.15) is 219 Å². The van der Waals surface area contributed by atoms with Crippen LogP contribution in [-0.4, -0.2) is 163 Å². The predicted octanol–water partition coefficient (Wildman–Crippen LogP) is 5.72. The fourth-order valence-corrected chi connectivity index (χ4v) is 9.42. The maximum absolute atomic E-state index is 13.3. The van der Waals surface area contributed by atoms with E-state index in [1.165, 1.54) is 135 Å². The second-order valence-corrected chi connectivity index (χ2v) is 20.0. The van der Waals surface area contributed by atoms with Crippen molar-refractivity contribution in [2.24, 2.45) is 0 Å². The molecule has 0 bridgehead atoms. The van der Waals surface area contributed by atoms with Crippen LogP contribution < -0.4 is 5.32 Å².